The summed E-state index contributed by atoms with van der Waals surface area (Å²) >= 11 is 0. The lowest BCUT2D eigenvalue weighted by Crippen LogP contribution is -2.45. The molecule has 35 heavy (non-hydrogen) atoms. The lowest BCUT2D eigenvalue weighted by molar-refractivity contribution is -0.131. The number of rotatable bonds is 11. The van der Waals surface area contributed by atoms with E-state index in [0.29, 0.717) is 25.7 Å². The number of unbranched alkanes of at least 4 members (excludes halogenated alkanes) is 1. The van der Waals surface area contributed by atoms with Crippen LogP contribution in [0.2, 0.25) is 0 Å². The van der Waals surface area contributed by atoms with E-state index in [1.807, 2.05) is 0 Å². The van der Waals surface area contributed by atoms with Gasteiger partial charge >= 0.3 is 6.09 Å². The maximum Gasteiger partial charge on any atom is 0.407 e. The second kappa shape index (κ2) is 12.7. The van der Waals surface area contributed by atoms with Crippen molar-refractivity contribution < 1.29 is 41.4 Å². The van der Waals surface area contributed by atoms with Crippen molar-refractivity contribution in [3.05, 3.63) is 29.3 Å². The third-order valence-electron chi connectivity index (χ3n) is 5.45. The Bertz CT molecular complexity index is 888. The van der Waals surface area contributed by atoms with Crippen LogP contribution in [-0.2, 0) is 14.3 Å². The van der Waals surface area contributed by atoms with Gasteiger partial charge in [-0.25, -0.2) is 13.6 Å². The summed E-state index contributed by atoms with van der Waals surface area (Å²) in [5.74, 6) is -9.40. The number of ether oxygens (including phenoxy) is 2. The van der Waals surface area contributed by atoms with E-state index in [4.69, 9.17) is 9.47 Å². The van der Waals surface area contributed by atoms with Gasteiger partial charge in [-0.2, -0.15) is 8.78 Å². The number of amides is 2. The summed E-state index contributed by atoms with van der Waals surface area (Å²) < 4.78 is 64.4. The first-order valence-electron chi connectivity index (χ1n) is 11.6. The van der Waals surface area contributed by atoms with Gasteiger partial charge in [0.2, 0.25) is 17.5 Å². The van der Waals surface area contributed by atoms with Gasteiger partial charge in [0, 0.05) is 18.5 Å². The van der Waals surface area contributed by atoms with Gasteiger partial charge < -0.3 is 20.1 Å². The molecule has 11 heteroatoms. The predicted octanol–water partition coefficient (Wildman–Crippen LogP) is 4.56. The van der Waals surface area contributed by atoms with Crippen LogP contribution in [0.1, 0.15) is 65.7 Å². The van der Waals surface area contributed by atoms with Crippen LogP contribution in [0.4, 0.5) is 22.4 Å². The van der Waals surface area contributed by atoms with Gasteiger partial charge in [0.15, 0.2) is 23.2 Å². The molecule has 1 aromatic rings. The van der Waals surface area contributed by atoms with E-state index >= 15 is 0 Å². The molecule has 7 nitrogen and oxygen atoms in total. The molecule has 0 aromatic heterocycles. The van der Waals surface area contributed by atoms with Gasteiger partial charge in [-0.05, 0) is 52.9 Å². The molecule has 1 fully saturated rings. The fourth-order valence-corrected chi connectivity index (χ4v) is 3.69. The second-order valence-electron chi connectivity index (χ2n) is 9.52. The van der Waals surface area contributed by atoms with Crippen molar-refractivity contribution in [3.8, 4) is 5.75 Å². The van der Waals surface area contributed by atoms with Crippen LogP contribution in [-0.4, -0.2) is 42.6 Å². The molecule has 2 rings (SSSR count). The first-order chi connectivity index (χ1) is 16.4. The van der Waals surface area contributed by atoms with Crippen molar-refractivity contribution >= 4 is 17.8 Å². The number of benzene rings is 1. The molecule has 1 atom stereocenters. The Morgan fingerprint density at radius 1 is 1.03 bits per heavy atom. The molecule has 1 saturated carbocycles. The highest BCUT2D eigenvalue weighted by atomic mass is 19.2. The molecular weight excluding hydrogens is 472 g/mol. The van der Waals surface area contributed by atoms with Crippen LogP contribution in [0.3, 0.4) is 0 Å². The van der Waals surface area contributed by atoms with Crippen molar-refractivity contribution in [2.45, 2.75) is 77.4 Å². The standard InChI is InChI=1S/C24H32F4N2O5/c1-24(2,3)35-23(33)29-11-7-6-10-17(30-22(32)14-8-4-5-9-14)18(31)13-34-21-19(27)15(25)12-16(26)20(21)28/h12,14,17H,4-11,13H2,1-3H3,(H,29,33)(H,30,32)/t17-/m0/s1. The summed E-state index contributed by atoms with van der Waals surface area (Å²) in [5, 5.41) is 5.25. The van der Waals surface area contributed by atoms with Gasteiger partial charge in [-0.15, -0.1) is 0 Å². The van der Waals surface area contributed by atoms with E-state index in [1.165, 1.54) is 0 Å². The number of Topliss-reactive ketones (excluding diaryl/α,β-unsaturated/α-hetero) is 1. The minimum Gasteiger partial charge on any atom is -0.479 e. The average Bonchev–Trinajstić information content (AvgIpc) is 3.30. The SMILES string of the molecule is CC(C)(C)OC(=O)NCCCC[C@H](NC(=O)C1CCCC1)C(=O)COc1c(F)c(F)cc(F)c1F. The average molecular weight is 505 g/mol. The summed E-state index contributed by atoms with van der Waals surface area (Å²) in [4.78, 5) is 37.0. The maximum absolute atomic E-state index is 13.8. The fraction of sp³-hybridized carbons (Fsp3) is 0.625. The van der Waals surface area contributed by atoms with Gasteiger partial charge in [0.25, 0.3) is 0 Å². The summed E-state index contributed by atoms with van der Waals surface area (Å²) in [6, 6.07) is -0.996. The topological polar surface area (TPSA) is 93.7 Å². The predicted molar refractivity (Wildman–Crippen MR) is 119 cm³/mol. The van der Waals surface area contributed by atoms with Crippen LogP contribution in [0.15, 0.2) is 6.07 Å². The maximum atomic E-state index is 13.8. The molecule has 1 aliphatic rings. The van der Waals surface area contributed by atoms with Gasteiger partial charge in [-0.1, -0.05) is 12.8 Å². The number of carbonyl (C=O) groups excluding carboxylic acids is 3. The van der Waals surface area contributed by atoms with E-state index in [0.717, 1.165) is 12.8 Å². The number of hydrogen-bond donors (Lipinski definition) is 2. The van der Waals surface area contributed by atoms with Crippen LogP contribution < -0.4 is 15.4 Å². The molecule has 0 spiro atoms. The molecule has 0 bridgehead atoms. The van der Waals surface area contributed by atoms with E-state index < -0.39 is 59.1 Å². The van der Waals surface area contributed by atoms with E-state index in [1.54, 1.807) is 20.8 Å². The Hall–Kier alpha value is -2.85. The Kier molecular flexibility index (Phi) is 10.3. The lowest BCUT2D eigenvalue weighted by atomic mass is 10.0. The smallest absolute Gasteiger partial charge is 0.407 e. The van der Waals surface area contributed by atoms with Gasteiger partial charge in [-0.3, -0.25) is 9.59 Å². The molecule has 0 aliphatic heterocycles. The number of alkyl carbamates (subject to hydrolysis) is 1. The minimum absolute atomic E-state index is 0.0370. The minimum atomic E-state index is -1.75. The molecular formula is C24H32F4N2O5. The van der Waals surface area contributed by atoms with Crippen LogP contribution >= 0.6 is 0 Å². The van der Waals surface area contributed by atoms with Crippen LogP contribution in [0.5, 0.6) is 5.75 Å². The zero-order valence-corrected chi connectivity index (χ0v) is 20.1. The summed E-state index contributed by atoms with van der Waals surface area (Å²) in [6.07, 6.45) is 3.65. The van der Waals surface area contributed by atoms with Crippen molar-refractivity contribution in [3.63, 3.8) is 0 Å². The van der Waals surface area contributed by atoms with Crippen molar-refractivity contribution in [2.75, 3.05) is 13.2 Å². The highest BCUT2D eigenvalue weighted by molar-refractivity contribution is 5.90. The number of hydrogen-bond acceptors (Lipinski definition) is 5. The monoisotopic (exact) mass is 504 g/mol. The molecule has 0 unspecified atom stereocenters. The normalized spacial score (nSPS) is 14.9. The summed E-state index contributed by atoms with van der Waals surface area (Å²) in [7, 11) is 0. The number of nitrogens with one attached hydrogen (secondary N) is 2. The number of halogens is 4. The van der Waals surface area contributed by atoms with Crippen LogP contribution in [0, 0.1) is 29.2 Å². The van der Waals surface area contributed by atoms with E-state index in [2.05, 4.69) is 10.6 Å². The first kappa shape index (κ1) is 28.4. The van der Waals surface area contributed by atoms with Crippen LogP contribution in [0.25, 0.3) is 0 Å². The largest absolute Gasteiger partial charge is 0.479 e. The summed E-state index contributed by atoms with van der Waals surface area (Å²) in [6.45, 7) is 4.56. The molecule has 2 N–H and O–H groups in total. The second-order valence-corrected chi connectivity index (χ2v) is 9.52. The van der Waals surface area contributed by atoms with Crippen molar-refractivity contribution in [1.82, 2.24) is 10.6 Å². The van der Waals surface area contributed by atoms with E-state index in [9.17, 15) is 31.9 Å². The molecule has 2 amide bonds. The quantitative estimate of drug-likeness (QED) is 0.262. The Labute approximate surface area is 201 Å². The number of carbonyl (C=O) groups is 3. The first-order valence-corrected chi connectivity index (χ1v) is 11.6. The molecule has 0 radical (unpaired) electrons. The van der Waals surface area contributed by atoms with Crippen molar-refractivity contribution in [1.29, 1.82) is 0 Å². The fourth-order valence-electron chi connectivity index (χ4n) is 3.69. The van der Waals surface area contributed by atoms with E-state index in [-0.39, 0.29) is 30.9 Å². The Balaban J connectivity index is 1.95. The summed E-state index contributed by atoms with van der Waals surface area (Å²) in [5.41, 5.74) is -0.643. The highest BCUT2D eigenvalue weighted by Crippen LogP contribution is 2.27. The molecule has 1 aliphatic carbocycles. The molecule has 196 valence electrons. The highest BCUT2D eigenvalue weighted by Gasteiger charge is 2.29. The van der Waals surface area contributed by atoms with Gasteiger partial charge in [0.1, 0.15) is 12.2 Å². The number of ketones is 1. The third kappa shape index (κ3) is 9.03. The zero-order valence-electron chi connectivity index (χ0n) is 20.1. The van der Waals surface area contributed by atoms with Gasteiger partial charge in [0.05, 0.1) is 6.04 Å². The molecule has 0 saturated heterocycles. The molecule has 1 aromatic carbocycles. The Morgan fingerprint density at radius 3 is 2.20 bits per heavy atom. The van der Waals surface area contributed by atoms with Crippen molar-refractivity contribution in [2.24, 2.45) is 5.92 Å². The lowest BCUT2D eigenvalue weighted by Gasteiger charge is -2.21. The Morgan fingerprint density at radius 2 is 1.63 bits per heavy atom. The zero-order chi connectivity index (χ0) is 26.2. The molecule has 0 heterocycles. The third-order valence-corrected chi connectivity index (χ3v) is 5.45.